The maximum Gasteiger partial charge on any atom is 0.273 e. The van der Waals surface area contributed by atoms with E-state index in [1.807, 2.05) is 4.68 Å². The van der Waals surface area contributed by atoms with Crippen LogP contribution in [0.2, 0.25) is 0 Å². The summed E-state index contributed by atoms with van der Waals surface area (Å²) in [5, 5.41) is 19.5. The number of nitrogens with zero attached hydrogens (tertiary/aromatic N) is 4. The standard InChI is InChI=1S/C19H33N5O2/c1-15(2)5-4-6-16(3)13-23-10-7-17(8-11-23)24-14-18(21-22-24)19(26)20-9-12-25/h5,14,16-17,25H,4,6-13H2,1-3H3,(H,20,26)/t16-/m0/s1. The summed E-state index contributed by atoms with van der Waals surface area (Å²) < 4.78 is 1.82. The van der Waals surface area contributed by atoms with Crippen LogP contribution in [0.15, 0.2) is 17.8 Å². The van der Waals surface area contributed by atoms with Crippen LogP contribution >= 0.6 is 0 Å². The van der Waals surface area contributed by atoms with E-state index in [2.05, 4.69) is 47.4 Å². The highest BCUT2D eigenvalue weighted by Gasteiger charge is 2.23. The van der Waals surface area contributed by atoms with Gasteiger partial charge in [0.05, 0.1) is 18.8 Å². The second kappa shape index (κ2) is 10.4. The molecule has 1 aromatic heterocycles. The highest BCUT2D eigenvalue weighted by atomic mass is 16.3. The fraction of sp³-hybridized carbons (Fsp3) is 0.737. The van der Waals surface area contributed by atoms with Crippen LogP contribution in [-0.4, -0.2) is 63.7 Å². The van der Waals surface area contributed by atoms with Crippen molar-refractivity contribution in [1.29, 1.82) is 0 Å². The number of aromatic nitrogens is 3. The smallest absolute Gasteiger partial charge is 0.273 e. The van der Waals surface area contributed by atoms with E-state index in [1.165, 1.54) is 18.4 Å². The first-order chi connectivity index (χ1) is 12.5. The molecule has 1 saturated heterocycles. The number of aliphatic hydroxyl groups excluding tert-OH is 1. The van der Waals surface area contributed by atoms with Crippen molar-refractivity contribution in [2.45, 2.75) is 52.5 Å². The lowest BCUT2D eigenvalue weighted by molar-refractivity contribution is 0.0939. The fourth-order valence-electron chi connectivity index (χ4n) is 3.37. The van der Waals surface area contributed by atoms with Crippen LogP contribution in [0.3, 0.4) is 0 Å². The Hall–Kier alpha value is -1.73. The Morgan fingerprint density at radius 1 is 1.42 bits per heavy atom. The second-order valence-corrected chi connectivity index (χ2v) is 7.56. The zero-order chi connectivity index (χ0) is 18.9. The first-order valence-electron chi connectivity index (χ1n) is 9.66. The topological polar surface area (TPSA) is 83.3 Å². The molecule has 2 heterocycles. The average Bonchev–Trinajstić information content (AvgIpc) is 3.10. The Morgan fingerprint density at radius 3 is 2.81 bits per heavy atom. The van der Waals surface area contributed by atoms with Gasteiger partial charge in [-0.05, 0) is 45.4 Å². The SMILES string of the molecule is CC(C)=CCC[C@H](C)CN1CCC(n2cc(C(=O)NCCO)nn2)CC1. The Balaban J connectivity index is 1.75. The lowest BCUT2D eigenvalue weighted by Gasteiger charge is -2.33. The van der Waals surface area contributed by atoms with E-state index in [0.717, 1.165) is 32.5 Å². The molecule has 1 atom stereocenters. The monoisotopic (exact) mass is 363 g/mol. The van der Waals surface area contributed by atoms with Gasteiger partial charge in [0.25, 0.3) is 5.91 Å². The number of piperidine rings is 1. The Kier molecular flexibility index (Phi) is 8.25. The molecule has 0 aromatic carbocycles. The number of carbonyl (C=O) groups excluding carboxylic acids is 1. The third kappa shape index (κ3) is 6.53. The number of amides is 1. The molecular weight excluding hydrogens is 330 g/mol. The number of rotatable bonds is 9. The summed E-state index contributed by atoms with van der Waals surface area (Å²) in [5.74, 6) is 0.420. The number of hydrogen-bond donors (Lipinski definition) is 2. The van der Waals surface area contributed by atoms with Crippen LogP contribution in [0.25, 0.3) is 0 Å². The van der Waals surface area contributed by atoms with Gasteiger partial charge in [0, 0.05) is 26.2 Å². The molecule has 2 N–H and O–H groups in total. The summed E-state index contributed by atoms with van der Waals surface area (Å²) in [4.78, 5) is 14.4. The molecule has 2 rings (SSSR count). The molecule has 1 fully saturated rings. The maximum absolute atomic E-state index is 11.9. The first-order valence-corrected chi connectivity index (χ1v) is 9.66. The van der Waals surface area contributed by atoms with Crippen LogP contribution in [0.1, 0.15) is 63.0 Å². The van der Waals surface area contributed by atoms with Gasteiger partial charge < -0.3 is 15.3 Å². The van der Waals surface area contributed by atoms with Gasteiger partial charge in [0.15, 0.2) is 5.69 Å². The number of hydrogen-bond acceptors (Lipinski definition) is 5. The molecule has 0 unspecified atom stereocenters. The Morgan fingerprint density at radius 2 is 2.15 bits per heavy atom. The highest BCUT2D eigenvalue weighted by Crippen LogP contribution is 2.23. The predicted octanol–water partition coefficient (Wildman–Crippen LogP) is 2.02. The molecule has 1 aromatic rings. The minimum absolute atomic E-state index is 0.0783. The number of allylic oxidation sites excluding steroid dienone is 2. The third-order valence-electron chi connectivity index (χ3n) is 4.85. The molecule has 1 aliphatic heterocycles. The van der Waals surface area contributed by atoms with Crippen molar-refractivity contribution in [2.75, 3.05) is 32.8 Å². The summed E-state index contributed by atoms with van der Waals surface area (Å²) in [5.41, 5.74) is 1.71. The molecule has 1 amide bonds. The molecular formula is C19H33N5O2. The van der Waals surface area contributed by atoms with E-state index in [9.17, 15) is 4.79 Å². The van der Waals surface area contributed by atoms with Gasteiger partial charge in [-0.2, -0.15) is 0 Å². The summed E-state index contributed by atoms with van der Waals surface area (Å²) >= 11 is 0. The van der Waals surface area contributed by atoms with Crippen LogP contribution in [-0.2, 0) is 0 Å². The van der Waals surface area contributed by atoms with Crippen molar-refractivity contribution >= 4 is 5.91 Å². The summed E-state index contributed by atoms with van der Waals surface area (Å²) in [6.07, 6.45) is 8.50. The molecule has 146 valence electrons. The van der Waals surface area contributed by atoms with Crippen molar-refractivity contribution in [3.05, 3.63) is 23.5 Å². The third-order valence-corrected chi connectivity index (χ3v) is 4.85. The van der Waals surface area contributed by atoms with Gasteiger partial charge in [-0.3, -0.25) is 4.79 Å². The summed E-state index contributed by atoms with van der Waals surface area (Å²) in [7, 11) is 0. The van der Waals surface area contributed by atoms with Crippen LogP contribution in [0.5, 0.6) is 0 Å². The van der Waals surface area contributed by atoms with E-state index in [-0.39, 0.29) is 19.1 Å². The van der Waals surface area contributed by atoms with E-state index < -0.39 is 0 Å². The van der Waals surface area contributed by atoms with Crippen LogP contribution in [0.4, 0.5) is 0 Å². The minimum atomic E-state index is -0.284. The van der Waals surface area contributed by atoms with Gasteiger partial charge in [-0.15, -0.1) is 5.10 Å². The van der Waals surface area contributed by atoms with Crippen molar-refractivity contribution in [1.82, 2.24) is 25.2 Å². The van der Waals surface area contributed by atoms with E-state index in [4.69, 9.17) is 5.11 Å². The quantitative estimate of drug-likeness (QED) is 0.656. The van der Waals surface area contributed by atoms with Gasteiger partial charge >= 0.3 is 0 Å². The van der Waals surface area contributed by atoms with Crippen LogP contribution in [0, 0.1) is 5.92 Å². The molecule has 0 bridgehead atoms. The van der Waals surface area contributed by atoms with E-state index >= 15 is 0 Å². The van der Waals surface area contributed by atoms with Crippen molar-refractivity contribution < 1.29 is 9.90 Å². The van der Waals surface area contributed by atoms with Gasteiger partial charge in [0.2, 0.25) is 0 Å². The van der Waals surface area contributed by atoms with Crippen molar-refractivity contribution in [3.8, 4) is 0 Å². The molecule has 26 heavy (non-hydrogen) atoms. The largest absolute Gasteiger partial charge is 0.395 e. The number of likely N-dealkylation sites (tertiary alicyclic amines) is 1. The zero-order valence-corrected chi connectivity index (χ0v) is 16.3. The molecule has 0 radical (unpaired) electrons. The summed E-state index contributed by atoms with van der Waals surface area (Å²) in [6.45, 7) is 10.1. The molecule has 0 spiro atoms. The number of nitrogens with one attached hydrogen (secondary N) is 1. The second-order valence-electron chi connectivity index (χ2n) is 7.56. The lowest BCUT2D eigenvalue weighted by atomic mass is 10.0. The van der Waals surface area contributed by atoms with Crippen molar-refractivity contribution in [3.63, 3.8) is 0 Å². The zero-order valence-electron chi connectivity index (χ0n) is 16.3. The average molecular weight is 364 g/mol. The molecule has 0 saturated carbocycles. The van der Waals surface area contributed by atoms with Crippen molar-refractivity contribution in [2.24, 2.45) is 5.92 Å². The number of aliphatic hydroxyl groups is 1. The molecule has 7 nitrogen and oxygen atoms in total. The van der Waals surface area contributed by atoms with Gasteiger partial charge in [0.1, 0.15) is 0 Å². The summed E-state index contributed by atoms with van der Waals surface area (Å²) in [6, 6.07) is 0.305. The first kappa shape index (κ1) is 20.6. The molecule has 7 heteroatoms. The minimum Gasteiger partial charge on any atom is -0.395 e. The van der Waals surface area contributed by atoms with Gasteiger partial charge in [-0.25, -0.2) is 4.68 Å². The Bertz CT molecular complexity index is 587. The predicted molar refractivity (Wildman–Crippen MR) is 102 cm³/mol. The Labute approximate surface area is 156 Å². The van der Waals surface area contributed by atoms with E-state index in [0.29, 0.717) is 17.7 Å². The lowest BCUT2D eigenvalue weighted by Crippen LogP contribution is -2.37. The van der Waals surface area contributed by atoms with E-state index in [1.54, 1.807) is 6.20 Å². The maximum atomic E-state index is 11.9. The normalized spacial score (nSPS) is 17.1. The van der Waals surface area contributed by atoms with Crippen LogP contribution < -0.4 is 5.32 Å². The molecule has 1 aliphatic rings. The highest BCUT2D eigenvalue weighted by molar-refractivity contribution is 5.91. The fourth-order valence-corrected chi connectivity index (χ4v) is 3.37. The molecule has 0 aliphatic carbocycles. The van der Waals surface area contributed by atoms with Gasteiger partial charge in [-0.1, -0.05) is 23.8 Å². The number of carbonyl (C=O) groups is 1.